The highest BCUT2D eigenvalue weighted by Gasteiger charge is 2.10. The molecule has 0 saturated carbocycles. The van der Waals surface area contributed by atoms with Crippen molar-refractivity contribution >= 4 is 29.9 Å². The molecule has 6 heteroatoms. The molecule has 1 heterocycles. The molecule has 28 heavy (non-hydrogen) atoms. The number of piperidine rings is 1. The van der Waals surface area contributed by atoms with E-state index in [0.717, 1.165) is 6.54 Å². The summed E-state index contributed by atoms with van der Waals surface area (Å²) in [4.78, 5) is 6.74. The van der Waals surface area contributed by atoms with E-state index in [1.807, 2.05) is 6.07 Å². The Labute approximate surface area is 184 Å². The van der Waals surface area contributed by atoms with E-state index in [1.54, 1.807) is 19.2 Å². The standard InChI is InChI=1S/C22H29FN4.HI/c1-24-22(26-16-20-7-3-4-8-21(20)23)25-15-18-9-11-19(12-10-18)17-27-13-5-2-6-14-27;/h3-4,7-12H,2,5-6,13-17H2,1H3,(H2,24,25,26);1H. The van der Waals surface area contributed by atoms with Gasteiger partial charge in [0.05, 0.1) is 0 Å². The quantitative estimate of drug-likeness (QED) is 0.356. The maximum absolute atomic E-state index is 13.7. The highest BCUT2D eigenvalue weighted by Crippen LogP contribution is 2.13. The normalized spacial score (nSPS) is 15.0. The van der Waals surface area contributed by atoms with Crippen LogP contribution in [0.25, 0.3) is 0 Å². The molecule has 2 aromatic carbocycles. The van der Waals surface area contributed by atoms with Crippen molar-refractivity contribution in [3.8, 4) is 0 Å². The van der Waals surface area contributed by atoms with Crippen molar-refractivity contribution in [2.24, 2.45) is 4.99 Å². The van der Waals surface area contributed by atoms with Crippen molar-refractivity contribution in [3.05, 3.63) is 71.0 Å². The highest BCUT2D eigenvalue weighted by atomic mass is 127. The van der Waals surface area contributed by atoms with Crippen molar-refractivity contribution in [2.45, 2.75) is 38.9 Å². The number of benzene rings is 2. The second-order valence-electron chi connectivity index (χ2n) is 7.02. The third kappa shape index (κ3) is 7.05. The number of rotatable bonds is 6. The fraction of sp³-hybridized carbons (Fsp3) is 0.409. The molecular formula is C22H30FIN4. The molecule has 0 radical (unpaired) electrons. The van der Waals surface area contributed by atoms with Gasteiger partial charge in [0.2, 0.25) is 0 Å². The van der Waals surface area contributed by atoms with Gasteiger partial charge in [-0.25, -0.2) is 4.39 Å². The Balaban J connectivity index is 0.00000280. The molecular weight excluding hydrogens is 466 g/mol. The van der Waals surface area contributed by atoms with Gasteiger partial charge in [0.25, 0.3) is 0 Å². The first-order valence-electron chi connectivity index (χ1n) is 9.72. The average molecular weight is 496 g/mol. The Bertz CT molecular complexity index is 742. The molecule has 0 aromatic heterocycles. The van der Waals surface area contributed by atoms with Crippen molar-refractivity contribution in [2.75, 3.05) is 20.1 Å². The SMILES string of the molecule is CN=C(NCc1ccc(CN2CCCCC2)cc1)NCc1ccccc1F.I. The molecule has 0 atom stereocenters. The van der Waals surface area contributed by atoms with Crippen LogP contribution in [0, 0.1) is 5.82 Å². The molecule has 1 aliphatic rings. The van der Waals surface area contributed by atoms with Crippen molar-refractivity contribution < 1.29 is 4.39 Å². The number of nitrogens with one attached hydrogen (secondary N) is 2. The first kappa shape index (κ1) is 22.6. The molecule has 1 fully saturated rings. The summed E-state index contributed by atoms with van der Waals surface area (Å²) < 4.78 is 13.7. The lowest BCUT2D eigenvalue weighted by atomic mass is 10.1. The van der Waals surface area contributed by atoms with E-state index in [4.69, 9.17) is 0 Å². The summed E-state index contributed by atoms with van der Waals surface area (Å²) >= 11 is 0. The zero-order valence-electron chi connectivity index (χ0n) is 16.5. The predicted octanol–water partition coefficient (Wildman–Crippen LogP) is 4.29. The summed E-state index contributed by atoms with van der Waals surface area (Å²) in [5.41, 5.74) is 3.19. The molecule has 152 valence electrons. The average Bonchev–Trinajstić information content (AvgIpc) is 2.71. The Kier molecular flexibility index (Phi) is 9.70. The number of halogens is 2. The lowest BCUT2D eigenvalue weighted by molar-refractivity contribution is 0.221. The molecule has 3 rings (SSSR count). The topological polar surface area (TPSA) is 39.7 Å². The van der Waals surface area contributed by atoms with E-state index in [-0.39, 0.29) is 29.8 Å². The summed E-state index contributed by atoms with van der Waals surface area (Å²) in [6.45, 7) is 4.56. The number of guanidine groups is 1. The first-order chi connectivity index (χ1) is 13.2. The van der Waals surface area contributed by atoms with Crippen LogP contribution in [-0.4, -0.2) is 31.0 Å². The van der Waals surface area contributed by atoms with Crippen molar-refractivity contribution in [3.63, 3.8) is 0 Å². The van der Waals surface area contributed by atoms with Gasteiger partial charge in [0, 0.05) is 32.2 Å². The number of aliphatic imine (C=N–C) groups is 1. The summed E-state index contributed by atoms with van der Waals surface area (Å²) in [5, 5.41) is 6.44. The fourth-order valence-corrected chi connectivity index (χ4v) is 3.37. The second kappa shape index (κ2) is 12.0. The molecule has 1 saturated heterocycles. The molecule has 2 aromatic rings. The maximum atomic E-state index is 13.7. The van der Waals surface area contributed by atoms with E-state index in [1.165, 1.54) is 49.5 Å². The van der Waals surface area contributed by atoms with Gasteiger partial charge in [0.15, 0.2) is 5.96 Å². The fourth-order valence-electron chi connectivity index (χ4n) is 3.37. The van der Waals surface area contributed by atoms with Gasteiger partial charge in [-0.1, -0.05) is 48.9 Å². The monoisotopic (exact) mass is 496 g/mol. The van der Waals surface area contributed by atoms with Crippen LogP contribution >= 0.6 is 24.0 Å². The Morgan fingerprint density at radius 1 is 0.929 bits per heavy atom. The van der Waals surface area contributed by atoms with Gasteiger partial charge in [-0.05, 0) is 43.1 Å². The molecule has 2 N–H and O–H groups in total. The molecule has 0 amide bonds. The van der Waals surface area contributed by atoms with Crippen LogP contribution in [0.5, 0.6) is 0 Å². The predicted molar refractivity (Wildman–Crippen MR) is 124 cm³/mol. The molecule has 4 nitrogen and oxygen atoms in total. The third-order valence-electron chi connectivity index (χ3n) is 4.97. The van der Waals surface area contributed by atoms with Gasteiger partial charge in [-0.3, -0.25) is 9.89 Å². The van der Waals surface area contributed by atoms with Gasteiger partial charge >= 0.3 is 0 Å². The summed E-state index contributed by atoms with van der Waals surface area (Å²) in [6, 6.07) is 15.5. The Morgan fingerprint density at radius 2 is 1.57 bits per heavy atom. The van der Waals surface area contributed by atoms with Crippen molar-refractivity contribution in [1.29, 1.82) is 0 Å². The number of likely N-dealkylation sites (tertiary alicyclic amines) is 1. The summed E-state index contributed by atoms with van der Waals surface area (Å²) in [5.74, 6) is 0.459. The van der Waals surface area contributed by atoms with Crippen LogP contribution in [0.4, 0.5) is 4.39 Å². The van der Waals surface area contributed by atoms with E-state index in [0.29, 0.717) is 24.6 Å². The Morgan fingerprint density at radius 3 is 2.25 bits per heavy atom. The molecule has 0 aliphatic carbocycles. The minimum Gasteiger partial charge on any atom is -0.352 e. The smallest absolute Gasteiger partial charge is 0.191 e. The zero-order chi connectivity index (χ0) is 18.9. The number of hydrogen-bond donors (Lipinski definition) is 2. The van der Waals surface area contributed by atoms with E-state index < -0.39 is 0 Å². The van der Waals surface area contributed by atoms with Crippen LogP contribution < -0.4 is 10.6 Å². The van der Waals surface area contributed by atoms with Gasteiger partial charge in [0.1, 0.15) is 5.82 Å². The first-order valence-corrected chi connectivity index (χ1v) is 9.72. The Hall–Kier alpha value is -1.67. The molecule has 0 bridgehead atoms. The second-order valence-corrected chi connectivity index (χ2v) is 7.02. The number of nitrogens with zero attached hydrogens (tertiary/aromatic N) is 2. The van der Waals surface area contributed by atoms with Crippen LogP contribution in [-0.2, 0) is 19.6 Å². The summed E-state index contributed by atoms with van der Waals surface area (Å²) in [7, 11) is 1.72. The van der Waals surface area contributed by atoms with Gasteiger partial charge < -0.3 is 10.6 Å². The van der Waals surface area contributed by atoms with E-state index >= 15 is 0 Å². The lowest BCUT2D eigenvalue weighted by Gasteiger charge is -2.26. The van der Waals surface area contributed by atoms with Crippen LogP contribution in [0.2, 0.25) is 0 Å². The molecule has 0 spiro atoms. The molecule has 0 unspecified atom stereocenters. The zero-order valence-corrected chi connectivity index (χ0v) is 18.8. The van der Waals surface area contributed by atoms with Crippen LogP contribution in [0.3, 0.4) is 0 Å². The minimum absolute atomic E-state index is 0. The lowest BCUT2D eigenvalue weighted by Crippen LogP contribution is -2.36. The van der Waals surface area contributed by atoms with Gasteiger partial charge in [-0.2, -0.15) is 0 Å². The van der Waals surface area contributed by atoms with Crippen LogP contribution in [0.1, 0.15) is 36.0 Å². The maximum Gasteiger partial charge on any atom is 0.191 e. The number of hydrogen-bond acceptors (Lipinski definition) is 2. The largest absolute Gasteiger partial charge is 0.352 e. The highest BCUT2D eigenvalue weighted by molar-refractivity contribution is 14.0. The minimum atomic E-state index is -0.204. The van der Waals surface area contributed by atoms with E-state index in [9.17, 15) is 4.39 Å². The van der Waals surface area contributed by atoms with Crippen molar-refractivity contribution in [1.82, 2.24) is 15.5 Å². The van der Waals surface area contributed by atoms with Gasteiger partial charge in [-0.15, -0.1) is 24.0 Å². The molecule has 1 aliphatic heterocycles. The summed E-state index contributed by atoms with van der Waals surface area (Å²) in [6.07, 6.45) is 4.01. The van der Waals surface area contributed by atoms with Crippen LogP contribution in [0.15, 0.2) is 53.5 Å². The third-order valence-corrected chi connectivity index (χ3v) is 4.97. The van der Waals surface area contributed by atoms with E-state index in [2.05, 4.69) is 44.8 Å².